The van der Waals surface area contributed by atoms with E-state index in [2.05, 4.69) is 21.5 Å². The van der Waals surface area contributed by atoms with Crippen LogP contribution in [0.4, 0.5) is 5.82 Å². The van der Waals surface area contributed by atoms with Crippen LogP contribution in [-0.2, 0) is 13.1 Å². The fourth-order valence-corrected chi connectivity index (χ4v) is 2.50. The Hall–Kier alpha value is -3.40. The monoisotopic (exact) mass is 334 g/mol. The number of anilines is 1. The molecule has 3 rings (SSSR count). The molecule has 1 N–H and O–H groups in total. The third kappa shape index (κ3) is 4.32. The fourth-order valence-electron chi connectivity index (χ4n) is 2.50. The highest BCUT2D eigenvalue weighted by molar-refractivity contribution is 6.02. The van der Waals surface area contributed by atoms with E-state index in [1.165, 1.54) is 0 Å². The van der Waals surface area contributed by atoms with E-state index in [9.17, 15) is 4.79 Å². The lowest BCUT2D eigenvalue weighted by atomic mass is 10.2. The number of nitrogens with one attached hydrogen (secondary N) is 1. The zero-order chi connectivity index (χ0) is 17.5. The minimum atomic E-state index is -0.207. The van der Waals surface area contributed by atoms with E-state index in [0.29, 0.717) is 31.0 Å². The summed E-state index contributed by atoms with van der Waals surface area (Å²) in [6.07, 6.45) is 8.36. The first-order valence-corrected chi connectivity index (χ1v) is 8.02. The van der Waals surface area contributed by atoms with Gasteiger partial charge in [-0.25, -0.2) is 0 Å². The number of aromatic nitrogens is 4. The lowest BCUT2D eigenvalue weighted by molar-refractivity contribution is 0.101. The Morgan fingerprint density at radius 3 is 2.84 bits per heavy atom. The molecule has 7 heteroatoms. The van der Waals surface area contributed by atoms with Crippen LogP contribution in [0.5, 0.6) is 0 Å². The summed E-state index contributed by atoms with van der Waals surface area (Å²) in [6.45, 7) is 1.25. The van der Waals surface area contributed by atoms with Crippen molar-refractivity contribution < 1.29 is 4.79 Å². The topological polar surface area (TPSA) is 88.5 Å². The van der Waals surface area contributed by atoms with E-state index in [1.54, 1.807) is 35.4 Å². The maximum Gasteiger partial charge on any atom is 0.273 e. The zero-order valence-electron chi connectivity index (χ0n) is 13.7. The van der Waals surface area contributed by atoms with E-state index in [1.807, 2.05) is 29.0 Å². The summed E-state index contributed by atoms with van der Waals surface area (Å²) in [5, 5.41) is 15.7. The van der Waals surface area contributed by atoms with Crippen LogP contribution >= 0.6 is 0 Å². The number of pyridine rings is 1. The van der Waals surface area contributed by atoms with Gasteiger partial charge in [-0.2, -0.15) is 10.4 Å². The molecule has 126 valence electrons. The second-order valence-electron chi connectivity index (χ2n) is 5.56. The molecular formula is C18H18N6O. The molecule has 0 saturated carbocycles. The van der Waals surface area contributed by atoms with Crippen molar-refractivity contribution in [2.24, 2.45) is 0 Å². The van der Waals surface area contributed by atoms with E-state index >= 15 is 0 Å². The molecule has 0 spiro atoms. The van der Waals surface area contributed by atoms with Crippen LogP contribution in [0.3, 0.4) is 0 Å². The maximum atomic E-state index is 12.5. The minimum absolute atomic E-state index is 0.207. The zero-order valence-corrected chi connectivity index (χ0v) is 13.7. The van der Waals surface area contributed by atoms with Crippen molar-refractivity contribution in [3.8, 4) is 6.07 Å². The standard InChI is InChI=1S/C18H18N6O/c19-8-1-2-12-24-13-7-17(22-24)21-18(25)16-4-3-11-23(16)14-15-5-9-20-10-6-15/h3-7,9-11,13H,1-2,12,14H2,(H,21,22,25). The fraction of sp³-hybridized carbons (Fsp3) is 0.222. The lowest BCUT2D eigenvalue weighted by Crippen LogP contribution is -2.17. The lowest BCUT2D eigenvalue weighted by Gasteiger charge is -2.09. The average Bonchev–Trinajstić information content (AvgIpc) is 3.26. The van der Waals surface area contributed by atoms with Crippen LogP contribution in [0.15, 0.2) is 55.1 Å². The SMILES string of the molecule is N#CCCCn1ccc(NC(=O)c2cccn2Cc2ccncc2)n1. The molecule has 0 aliphatic carbocycles. The van der Waals surface area contributed by atoms with E-state index in [0.717, 1.165) is 12.0 Å². The number of nitriles is 1. The molecule has 25 heavy (non-hydrogen) atoms. The van der Waals surface area contributed by atoms with Crippen molar-refractivity contribution in [2.45, 2.75) is 25.9 Å². The quantitative estimate of drug-likeness (QED) is 0.673. The predicted octanol–water partition coefficient (Wildman–Crippen LogP) is 2.68. The van der Waals surface area contributed by atoms with Crippen molar-refractivity contribution in [2.75, 3.05) is 5.32 Å². The van der Waals surface area contributed by atoms with Gasteiger partial charge in [-0.1, -0.05) is 0 Å². The van der Waals surface area contributed by atoms with Gasteiger partial charge < -0.3 is 9.88 Å². The van der Waals surface area contributed by atoms with E-state index in [4.69, 9.17) is 5.26 Å². The number of amides is 1. The molecule has 0 unspecified atom stereocenters. The summed E-state index contributed by atoms with van der Waals surface area (Å²) in [4.78, 5) is 16.5. The Kier molecular flexibility index (Phi) is 5.22. The van der Waals surface area contributed by atoms with Gasteiger partial charge in [0, 0.05) is 50.4 Å². The normalized spacial score (nSPS) is 10.4. The third-order valence-electron chi connectivity index (χ3n) is 3.72. The number of rotatable bonds is 7. The second-order valence-corrected chi connectivity index (χ2v) is 5.56. The van der Waals surface area contributed by atoms with E-state index < -0.39 is 0 Å². The number of carbonyl (C=O) groups is 1. The van der Waals surface area contributed by atoms with Gasteiger partial charge in [0.2, 0.25) is 0 Å². The minimum Gasteiger partial charge on any atom is -0.339 e. The van der Waals surface area contributed by atoms with Crippen molar-refractivity contribution >= 4 is 11.7 Å². The van der Waals surface area contributed by atoms with Crippen molar-refractivity contribution in [1.29, 1.82) is 5.26 Å². The molecule has 0 aliphatic rings. The van der Waals surface area contributed by atoms with Gasteiger partial charge in [-0.05, 0) is 36.2 Å². The van der Waals surface area contributed by atoms with Crippen LogP contribution in [0.2, 0.25) is 0 Å². The molecule has 0 atom stereocenters. The number of hydrogen-bond acceptors (Lipinski definition) is 4. The molecule has 3 heterocycles. The van der Waals surface area contributed by atoms with Crippen LogP contribution in [-0.4, -0.2) is 25.2 Å². The number of carbonyl (C=O) groups excluding carboxylic acids is 1. The molecule has 0 saturated heterocycles. The summed E-state index contributed by atoms with van der Waals surface area (Å²) < 4.78 is 3.61. The molecule has 7 nitrogen and oxygen atoms in total. The highest BCUT2D eigenvalue weighted by Crippen LogP contribution is 2.11. The summed E-state index contributed by atoms with van der Waals surface area (Å²) in [5.41, 5.74) is 1.64. The Morgan fingerprint density at radius 2 is 2.04 bits per heavy atom. The first kappa shape index (κ1) is 16.5. The van der Waals surface area contributed by atoms with Gasteiger partial charge in [-0.3, -0.25) is 14.5 Å². The molecule has 3 aromatic rings. The second kappa shape index (κ2) is 7.93. The van der Waals surface area contributed by atoms with Crippen molar-refractivity contribution in [3.05, 3.63) is 66.4 Å². The van der Waals surface area contributed by atoms with Gasteiger partial charge in [0.05, 0.1) is 6.07 Å². The Bertz CT molecular complexity index is 874. The Balaban J connectivity index is 1.64. The summed E-state index contributed by atoms with van der Waals surface area (Å²) in [5.74, 6) is 0.292. The number of unbranched alkanes of at least 4 members (excludes halogenated alkanes) is 1. The molecule has 0 radical (unpaired) electrons. The highest BCUT2D eigenvalue weighted by Gasteiger charge is 2.12. The van der Waals surface area contributed by atoms with Crippen molar-refractivity contribution in [1.82, 2.24) is 19.3 Å². The maximum absolute atomic E-state index is 12.5. The van der Waals surface area contributed by atoms with Gasteiger partial charge in [0.15, 0.2) is 5.82 Å². The predicted molar refractivity (Wildman–Crippen MR) is 92.8 cm³/mol. The van der Waals surface area contributed by atoms with Gasteiger partial charge >= 0.3 is 0 Å². The smallest absolute Gasteiger partial charge is 0.273 e. The molecule has 0 fully saturated rings. The number of hydrogen-bond donors (Lipinski definition) is 1. The first-order valence-electron chi connectivity index (χ1n) is 8.02. The van der Waals surface area contributed by atoms with Crippen molar-refractivity contribution in [3.63, 3.8) is 0 Å². The van der Waals surface area contributed by atoms with E-state index in [-0.39, 0.29) is 5.91 Å². The molecule has 0 aliphatic heterocycles. The molecule has 3 aromatic heterocycles. The van der Waals surface area contributed by atoms with Crippen LogP contribution in [0.1, 0.15) is 28.9 Å². The van der Waals surface area contributed by atoms with Gasteiger partial charge in [-0.15, -0.1) is 0 Å². The van der Waals surface area contributed by atoms with Crippen LogP contribution in [0.25, 0.3) is 0 Å². The number of aryl methyl sites for hydroxylation is 1. The van der Waals surface area contributed by atoms with Gasteiger partial charge in [0.25, 0.3) is 5.91 Å². The highest BCUT2D eigenvalue weighted by atomic mass is 16.2. The average molecular weight is 334 g/mol. The Labute approximate surface area is 145 Å². The molecule has 1 amide bonds. The largest absolute Gasteiger partial charge is 0.339 e. The summed E-state index contributed by atoms with van der Waals surface area (Å²) in [7, 11) is 0. The van der Waals surface area contributed by atoms with Crippen LogP contribution in [0, 0.1) is 11.3 Å². The molecule has 0 bridgehead atoms. The van der Waals surface area contributed by atoms with Gasteiger partial charge in [0.1, 0.15) is 5.69 Å². The number of nitrogens with zero attached hydrogens (tertiary/aromatic N) is 5. The van der Waals surface area contributed by atoms with Crippen LogP contribution < -0.4 is 5.32 Å². The Morgan fingerprint density at radius 1 is 1.20 bits per heavy atom. The summed E-state index contributed by atoms with van der Waals surface area (Å²) in [6, 6.07) is 11.3. The molecular weight excluding hydrogens is 316 g/mol. The third-order valence-corrected chi connectivity index (χ3v) is 3.72. The molecule has 0 aromatic carbocycles. The first-order chi connectivity index (χ1) is 12.3. The summed E-state index contributed by atoms with van der Waals surface area (Å²) >= 11 is 0.